The fourth-order valence-electron chi connectivity index (χ4n) is 2.83. The number of hydrogen-bond donors (Lipinski definition) is 0. The molecular formula is C16H21Cl3O. The van der Waals surface area contributed by atoms with E-state index in [0.29, 0.717) is 17.9 Å². The third-order valence-corrected chi connectivity index (χ3v) is 5.41. The van der Waals surface area contributed by atoms with E-state index in [2.05, 4.69) is 6.07 Å². The summed E-state index contributed by atoms with van der Waals surface area (Å²) in [6, 6.07) is 7.90. The van der Waals surface area contributed by atoms with E-state index in [1.54, 1.807) is 0 Å². The fourth-order valence-corrected chi connectivity index (χ4v) is 3.88. The molecule has 1 unspecified atom stereocenters. The monoisotopic (exact) mass is 334 g/mol. The highest BCUT2D eigenvalue weighted by Crippen LogP contribution is 2.35. The SMILES string of the molecule is ClCC(CCl)(CCCC1CCCO1)c1cccc(Cl)c1. The van der Waals surface area contributed by atoms with Crippen molar-refractivity contribution in [1.82, 2.24) is 0 Å². The lowest BCUT2D eigenvalue weighted by atomic mass is 9.79. The summed E-state index contributed by atoms with van der Waals surface area (Å²) >= 11 is 18.6. The van der Waals surface area contributed by atoms with Crippen molar-refractivity contribution in [2.75, 3.05) is 18.4 Å². The van der Waals surface area contributed by atoms with E-state index in [9.17, 15) is 0 Å². The first-order chi connectivity index (χ1) is 9.70. The van der Waals surface area contributed by atoms with Crippen LogP contribution in [0, 0.1) is 0 Å². The Bertz CT molecular complexity index is 412. The van der Waals surface area contributed by atoms with Crippen LogP contribution < -0.4 is 0 Å². The van der Waals surface area contributed by atoms with E-state index in [-0.39, 0.29) is 5.41 Å². The number of hydrogen-bond acceptors (Lipinski definition) is 1. The Labute approximate surface area is 136 Å². The molecule has 1 aromatic rings. The van der Waals surface area contributed by atoms with Gasteiger partial charge in [-0.15, -0.1) is 23.2 Å². The average Bonchev–Trinajstić information content (AvgIpc) is 2.97. The van der Waals surface area contributed by atoms with Crippen LogP contribution in [-0.4, -0.2) is 24.5 Å². The largest absolute Gasteiger partial charge is 0.378 e. The predicted molar refractivity (Wildman–Crippen MR) is 87.4 cm³/mol. The maximum Gasteiger partial charge on any atom is 0.0576 e. The molecule has 0 bridgehead atoms. The molecule has 1 atom stereocenters. The molecule has 1 heterocycles. The highest BCUT2D eigenvalue weighted by atomic mass is 35.5. The molecule has 0 spiro atoms. The third kappa shape index (κ3) is 4.04. The van der Waals surface area contributed by atoms with Gasteiger partial charge in [-0.1, -0.05) is 23.7 Å². The Balaban J connectivity index is 2.00. The highest BCUT2D eigenvalue weighted by molar-refractivity contribution is 6.30. The molecular weight excluding hydrogens is 315 g/mol. The Morgan fingerprint density at radius 3 is 2.65 bits per heavy atom. The molecule has 1 saturated heterocycles. The third-order valence-electron chi connectivity index (χ3n) is 4.15. The molecule has 1 nitrogen and oxygen atoms in total. The van der Waals surface area contributed by atoms with Crippen molar-refractivity contribution in [3.05, 3.63) is 34.9 Å². The van der Waals surface area contributed by atoms with Crippen molar-refractivity contribution in [2.24, 2.45) is 0 Å². The minimum absolute atomic E-state index is 0.188. The molecule has 20 heavy (non-hydrogen) atoms. The Hall–Kier alpha value is 0.0500. The van der Waals surface area contributed by atoms with Gasteiger partial charge in [0.25, 0.3) is 0 Å². The van der Waals surface area contributed by atoms with Crippen LogP contribution >= 0.6 is 34.8 Å². The van der Waals surface area contributed by atoms with Gasteiger partial charge < -0.3 is 4.74 Å². The Morgan fingerprint density at radius 1 is 1.25 bits per heavy atom. The molecule has 2 rings (SSSR count). The average molecular weight is 336 g/mol. The second kappa shape index (κ2) is 7.89. The summed E-state index contributed by atoms with van der Waals surface area (Å²) in [6.07, 6.45) is 5.95. The summed E-state index contributed by atoms with van der Waals surface area (Å²) in [5.74, 6) is 1.03. The molecule has 1 aromatic carbocycles. The lowest BCUT2D eigenvalue weighted by Crippen LogP contribution is -2.31. The van der Waals surface area contributed by atoms with Gasteiger partial charge in [0.1, 0.15) is 0 Å². The van der Waals surface area contributed by atoms with Crippen LogP contribution in [0.5, 0.6) is 0 Å². The van der Waals surface area contributed by atoms with Crippen LogP contribution in [0.3, 0.4) is 0 Å². The summed E-state index contributed by atoms with van der Waals surface area (Å²) < 4.78 is 5.67. The van der Waals surface area contributed by atoms with Gasteiger partial charge in [0.05, 0.1) is 6.10 Å². The first-order valence-electron chi connectivity index (χ1n) is 7.20. The van der Waals surface area contributed by atoms with Gasteiger partial charge in [0.2, 0.25) is 0 Å². The molecule has 1 aliphatic rings. The van der Waals surface area contributed by atoms with Gasteiger partial charge in [-0.2, -0.15) is 0 Å². The Kier molecular flexibility index (Phi) is 6.48. The maximum atomic E-state index is 6.25. The summed E-state index contributed by atoms with van der Waals surface area (Å²) in [5.41, 5.74) is 0.953. The van der Waals surface area contributed by atoms with E-state index in [1.807, 2.05) is 18.2 Å². The normalized spacial score (nSPS) is 19.4. The van der Waals surface area contributed by atoms with Crippen LogP contribution in [0.15, 0.2) is 24.3 Å². The van der Waals surface area contributed by atoms with E-state index < -0.39 is 0 Å². The quantitative estimate of drug-likeness (QED) is 0.606. The van der Waals surface area contributed by atoms with E-state index in [0.717, 1.165) is 36.5 Å². The van der Waals surface area contributed by atoms with E-state index in [1.165, 1.54) is 12.8 Å². The van der Waals surface area contributed by atoms with Gasteiger partial charge in [-0.25, -0.2) is 0 Å². The molecule has 1 fully saturated rings. The van der Waals surface area contributed by atoms with Crippen LogP contribution in [-0.2, 0) is 10.2 Å². The van der Waals surface area contributed by atoms with Crippen molar-refractivity contribution >= 4 is 34.8 Å². The lowest BCUT2D eigenvalue weighted by molar-refractivity contribution is 0.101. The summed E-state index contributed by atoms with van der Waals surface area (Å²) in [5, 5.41) is 0.737. The van der Waals surface area contributed by atoms with Crippen LogP contribution in [0.4, 0.5) is 0 Å². The highest BCUT2D eigenvalue weighted by Gasteiger charge is 2.31. The molecule has 0 N–H and O–H groups in total. The van der Waals surface area contributed by atoms with Gasteiger partial charge in [0, 0.05) is 28.8 Å². The van der Waals surface area contributed by atoms with Crippen molar-refractivity contribution in [1.29, 1.82) is 0 Å². The molecule has 0 aromatic heterocycles. The second-order valence-corrected chi connectivity index (χ2v) is 6.56. The molecule has 4 heteroatoms. The summed E-state index contributed by atoms with van der Waals surface area (Å²) in [4.78, 5) is 0. The van der Waals surface area contributed by atoms with E-state index >= 15 is 0 Å². The topological polar surface area (TPSA) is 9.23 Å². The standard InChI is InChI=1S/C16H21Cl3O/c17-11-16(12-18,13-4-1-5-14(19)10-13)8-2-6-15-7-3-9-20-15/h1,4-5,10,15H,2-3,6-9,11-12H2. The van der Waals surface area contributed by atoms with Crippen LogP contribution in [0.25, 0.3) is 0 Å². The maximum absolute atomic E-state index is 6.25. The number of halogens is 3. The van der Waals surface area contributed by atoms with Crippen LogP contribution in [0.1, 0.15) is 37.7 Å². The van der Waals surface area contributed by atoms with Gasteiger partial charge >= 0.3 is 0 Å². The fraction of sp³-hybridized carbons (Fsp3) is 0.625. The second-order valence-electron chi connectivity index (χ2n) is 5.59. The van der Waals surface area contributed by atoms with Gasteiger partial charge in [0.15, 0.2) is 0 Å². The lowest BCUT2D eigenvalue weighted by Gasteiger charge is -2.31. The zero-order valence-electron chi connectivity index (χ0n) is 11.6. The van der Waals surface area contributed by atoms with Crippen molar-refractivity contribution in [2.45, 2.75) is 43.6 Å². The number of ether oxygens (including phenoxy) is 1. The smallest absolute Gasteiger partial charge is 0.0576 e. The predicted octanol–water partition coefficient (Wildman–Crippen LogP) is 5.40. The molecule has 0 radical (unpaired) electrons. The zero-order valence-corrected chi connectivity index (χ0v) is 13.9. The van der Waals surface area contributed by atoms with Gasteiger partial charge in [-0.3, -0.25) is 0 Å². The first-order valence-corrected chi connectivity index (χ1v) is 8.64. The minimum Gasteiger partial charge on any atom is -0.378 e. The van der Waals surface area contributed by atoms with Gasteiger partial charge in [-0.05, 0) is 49.8 Å². The Morgan fingerprint density at radius 2 is 2.05 bits per heavy atom. The molecule has 1 aliphatic heterocycles. The summed E-state index contributed by atoms with van der Waals surface area (Å²) in [6.45, 7) is 0.912. The zero-order chi connectivity index (χ0) is 14.4. The molecule has 0 saturated carbocycles. The minimum atomic E-state index is -0.188. The molecule has 0 amide bonds. The first kappa shape index (κ1) is 16.4. The molecule has 0 aliphatic carbocycles. The summed E-state index contributed by atoms with van der Waals surface area (Å²) in [7, 11) is 0. The number of alkyl halides is 2. The van der Waals surface area contributed by atoms with Crippen molar-refractivity contribution < 1.29 is 4.74 Å². The van der Waals surface area contributed by atoms with Crippen LogP contribution in [0.2, 0.25) is 5.02 Å². The molecule has 112 valence electrons. The van der Waals surface area contributed by atoms with Crippen molar-refractivity contribution in [3.8, 4) is 0 Å². The number of benzene rings is 1. The van der Waals surface area contributed by atoms with E-state index in [4.69, 9.17) is 39.5 Å². The van der Waals surface area contributed by atoms with Crippen molar-refractivity contribution in [3.63, 3.8) is 0 Å². The number of rotatable bonds is 7.